The van der Waals surface area contributed by atoms with Gasteiger partial charge in [0.05, 0.1) is 0 Å². The third kappa shape index (κ3) is 1.86. The molecule has 1 fully saturated rings. The van der Waals surface area contributed by atoms with Crippen molar-refractivity contribution in [2.24, 2.45) is 0 Å². The maximum Gasteiger partial charge on any atom is 0.123 e. The predicted molar refractivity (Wildman–Crippen MR) is 63.0 cm³/mol. The number of hydrogen-bond acceptors (Lipinski definition) is 1. The van der Waals surface area contributed by atoms with Crippen molar-refractivity contribution in [3.63, 3.8) is 0 Å². The van der Waals surface area contributed by atoms with Crippen LogP contribution in [0, 0.1) is 5.82 Å². The summed E-state index contributed by atoms with van der Waals surface area (Å²) in [7, 11) is 0. The van der Waals surface area contributed by atoms with E-state index in [2.05, 4.69) is 4.90 Å². The van der Waals surface area contributed by atoms with Gasteiger partial charge in [-0.2, -0.15) is 0 Å². The Hall–Kier alpha value is -0.890. The number of nitrogens with zero attached hydrogens (tertiary/aromatic N) is 1. The van der Waals surface area contributed by atoms with E-state index in [1.54, 1.807) is 12.1 Å². The molecule has 1 saturated heterocycles. The molecule has 1 nitrogen and oxygen atoms in total. The van der Waals surface area contributed by atoms with Crippen molar-refractivity contribution >= 4 is 0 Å². The molecule has 1 atom stereocenters. The van der Waals surface area contributed by atoms with Gasteiger partial charge < -0.3 is 0 Å². The Bertz CT molecular complexity index is 382. The summed E-state index contributed by atoms with van der Waals surface area (Å²) in [4.78, 5) is 2.60. The van der Waals surface area contributed by atoms with Crippen molar-refractivity contribution in [2.45, 2.75) is 38.1 Å². The summed E-state index contributed by atoms with van der Waals surface area (Å²) >= 11 is 0. The smallest absolute Gasteiger partial charge is 0.123 e. The Balaban J connectivity index is 1.74. The van der Waals surface area contributed by atoms with Crippen molar-refractivity contribution < 1.29 is 4.39 Å². The normalized spacial score (nSPS) is 25.7. The number of likely N-dealkylation sites (tertiary alicyclic amines) is 1. The molecule has 0 spiro atoms. The second kappa shape index (κ2) is 4.17. The van der Waals surface area contributed by atoms with Gasteiger partial charge in [0.1, 0.15) is 5.82 Å². The molecule has 1 aromatic rings. The zero-order chi connectivity index (χ0) is 11.0. The molecule has 3 rings (SSSR count). The Morgan fingerprint density at radius 1 is 1.00 bits per heavy atom. The van der Waals surface area contributed by atoms with E-state index in [0.717, 1.165) is 12.8 Å². The lowest BCUT2D eigenvalue weighted by Gasteiger charge is -2.32. The molecule has 1 aliphatic carbocycles. The van der Waals surface area contributed by atoms with Crippen LogP contribution in [0.3, 0.4) is 0 Å². The lowest BCUT2D eigenvalue weighted by molar-refractivity contribution is 0.168. The molecule has 2 aliphatic rings. The van der Waals surface area contributed by atoms with Crippen LogP contribution < -0.4 is 0 Å². The first-order valence-corrected chi connectivity index (χ1v) is 6.34. The van der Waals surface area contributed by atoms with Crippen molar-refractivity contribution in [1.82, 2.24) is 4.90 Å². The zero-order valence-corrected chi connectivity index (χ0v) is 9.58. The minimum absolute atomic E-state index is 0.0851. The van der Waals surface area contributed by atoms with E-state index in [4.69, 9.17) is 0 Å². The standard InChI is InChI=1S/C14H18FN/c15-13-5-4-11-9-14(10-12(11)8-13)16-6-2-1-3-7-16/h4-5,8,14H,1-3,6-7,9-10H2. The van der Waals surface area contributed by atoms with Crippen LogP contribution in [-0.4, -0.2) is 24.0 Å². The summed E-state index contributed by atoms with van der Waals surface area (Å²) in [6.45, 7) is 2.47. The van der Waals surface area contributed by atoms with E-state index in [0.29, 0.717) is 6.04 Å². The molecule has 0 saturated carbocycles. The monoisotopic (exact) mass is 219 g/mol. The largest absolute Gasteiger partial charge is 0.300 e. The molecule has 1 aromatic carbocycles. The molecule has 0 N–H and O–H groups in total. The zero-order valence-electron chi connectivity index (χ0n) is 9.58. The molecule has 0 amide bonds. The maximum absolute atomic E-state index is 13.1. The SMILES string of the molecule is Fc1ccc2c(c1)CC(N1CCCCC1)C2. The quantitative estimate of drug-likeness (QED) is 0.702. The summed E-state index contributed by atoms with van der Waals surface area (Å²) in [6.07, 6.45) is 6.22. The Morgan fingerprint density at radius 3 is 2.56 bits per heavy atom. The van der Waals surface area contributed by atoms with Crippen LogP contribution in [0.4, 0.5) is 4.39 Å². The number of fused-ring (bicyclic) bond motifs is 1. The Kier molecular flexibility index (Phi) is 2.68. The molecule has 1 heterocycles. The van der Waals surface area contributed by atoms with E-state index < -0.39 is 0 Å². The van der Waals surface area contributed by atoms with Crippen molar-refractivity contribution in [2.75, 3.05) is 13.1 Å². The highest BCUT2D eigenvalue weighted by Crippen LogP contribution is 2.27. The van der Waals surface area contributed by atoms with Crippen LogP contribution in [0.5, 0.6) is 0 Å². The van der Waals surface area contributed by atoms with E-state index in [9.17, 15) is 4.39 Å². The maximum atomic E-state index is 13.1. The third-order valence-corrected chi connectivity index (χ3v) is 3.99. The summed E-state index contributed by atoms with van der Waals surface area (Å²) < 4.78 is 13.1. The van der Waals surface area contributed by atoms with Crippen molar-refractivity contribution in [3.8, 4) is 0 Å². The van der Waals surface area contributed by atoms with Gasteiger partial charge in [0.25, 0.3) is 0 Å². The second-order valence-electron chi connectivity index (χ2n) is 5.07. The Morgan fingerprint density at radius 2 is 1.75 bits per heavy atom. The van der Waals surface area contributed by atoms with Crippen LogP contribution >= 0.6 is 0 Å². The van der Waals surface area contributed by atoms with Crippen LogP contribution in [0.2, 0.25) is 0 Å². The van der Waals surface area contributed by atoms with Crippen LogP contribution in [-0.2, 0) is 12.8 Å². The number of piperidine rings is 1. The second-order valence-corrected chi connectivity index (χ2v) is 5.07. The summed E-state index contributed by atoms with van der Waals surface area (Å²) in [6, 6.07) is 5.92. The lowest BCUT2D eigenvalue weighted by atomic mass is 10.1. The molecular weight excluding hydrogens is 201 g/mol. The van der Waals surface area contributed by atoms with Gasteiger partial charge in [0.2, 0.25) is 0 Å². The van der Waals surface area contributed by atoms with Gasteiger partial charge in [0.15, 0.2) is 0 Å². The first kappa shape index (κ1) is 10.3. The average Bonchev–Trinajstić information content (AvgIpc) is 2.73. The van der Waals surface area contributed by atoms with E-state index >= 15 is 0 Å². The fraction of sp³-hybridized carbons (Fsp3) is 0.571. The molecule has 0 aromatic heterocycles. The van der Waals surface area contributed by atoms with E-state index in [1.807, 2.05) is 6.07 Å². The molecular formula is C14H18FN. The van der Waals surface area contributed by atoms with Crippen molar-refractivity contribution in [3.05, 3.63) is 35.1 Å². The highest BCUT2D eigenvalue weighted by Gasteiger charge is 2.27. The average molecular weight is 219 g/mol. The van der Waals surface area contributed by atoms with Crippen LogP contribution in [0.25, 0.3) is 0 Å². The number of benzene rings is 1. The topological polar surface area (TPSA) is 3.24 Å². The highest BCUT2D eigenvalue weighted by molar-refractivity contribution is 5.34. The number of rotatable bonds is 1. The van der Waals surface area contributed by atoms with Gasteiger partial charge in [-0.15, -0.1) is 0 Å². The van der Waals surface area contributed by atoms with Crippen LogP contribution in [0.15, 0.2) is 18.2 Å². The highest BCUT2D eigenvalue weighted by atomic mass is 19.1. The summed E-state index contributed by atoms with van der Waals surface area (Å²) in [5.41, 5.74) is 2.59. The van der Waals surface area contributed by atoms with E-state index in [1.165, 1.54) is 43.5 Å². The van der Waals surface area contributed by atoms with Gasteiger partial charge in [-0.05, 0) is 62.0 Å². The van der Waals surface area contributed by atoms with Crippen molar-refractivity contribution in [1.29, 1.82) is 0 Å². The molecule has 2 heteroatoms. The summed E-state index contributed by atoms with van der Waals surface area (Å²) in [5, 5.41) is 0. The molecule has 16 heavy (non-hydrogen) atoms. The fourth-order valence-electron chi connectivity index (χ4n) is 3.11. The van der Waals surface area contributed by atoms with Crippen LogP contribution in [0.1, 0.15) is 30.4 Å². The van der Waals surface area contributed by atoms with Gasteiger partial charge in [-0.1, -0.05) is 12.5 Å². The first-order valence-electron chi connectivity index (χ1n) is 6.34. The Labute approximate surface area is 96.3 Å². The number of halogens is 1. The molecule has 0 bridgehead atoms. The summed E-state index contributed by atoms with van der Waals surface area (Å²) in [5.74, 6) is -0.0851. The molecule has 86 valence electrons. The third-order valence-electron chi connectivity index (χ3n) is 3.99. The predicted octanol–water partition coefficient (Wildman–Crippen LogP) is 2.78. The lowest BCUT2D eigenvalue weighted by Crippen LogP contribution is -2.39. The minimum Gasteiger partial charge on any atom is -0.300 e. The molecule has 1 aliphatic heterocycles. The van der Waals surface area contributed by atoms with E-state index in [-0.39, 0.29) is 5.82 Å². The van der Waals surface area contributed by atoms with Gasteiger partial charge in [0, 0.05) is 6.04 Å². The van der Waals surface area contributed by atoms with Gasteiger partial charge >= 0.3 is 0 Å². The van der Waals surface area contributed by atoms with Gasteiger partial charge in [-0.25, -0.2) is 4.39 Å². The van der Waals surface area contributed by atoms with Gasteiger partial charge in [-0.3, -0.25) is 4.90 Å². The fourth-order valence-corrected chi connectivity index (χ4v) is 3.11. The first-order chi connectivity index (χ1) is 7.83. The number of hydrogen-bond donors (Lipinski definition) is 0. The molecule has 0 radical (unpaired) electrons. The molecule has 1 unspecified atom stereocenters. The minimum atomic E-state index is -0.0851.